The molecule has 9 nitrogen and oxygen atoms in total. The molecule has 36 heavy (non-hydrogen) atoms. The van der Waals surface area contributed by atoms with E-state index < -0.39 is 58.8 Å². The molecule has 1 aromatic carbocycles. The molecule has 0 radical (unpaired) electrons. The predicted octanol–water partition coefficient (Wildman–Crippen LogP) is 3.52. The number of nitrogens with zero attached hydrogens (tertiary/aromatic N) is 3. The van der Waals surface area contributed by atoms with Gasteiger partial charge in [0.25, 0.3) is 0 Å². The number of aliphatic hydroxyl groups is 1. The van der Waals surface area contributed by atoms with Crippen molar-refractivity contribution in [1.29, 1.82) is 0 Å². The lowest BCUT2D eigenvalue weighted by Gasteiger charge is -2.49. The van der Waals surface area contributed by atoms with Gasteiger partial charge < -0.3 is 28.8 Å². The molecule has 0 amide bonds. The lowest BCUT2D eigenvalue weighted by atomic mass is 9.95. The van der Waals surface area contributed by atoms with Crippen LogP contribution in [0.25, 0.3) is 11.3 Å². The normalized spacial score (nSPS) is 27.7. The lowest BCUT2D eigenvalue weighted by molar-refractivity contribution is -0.341. The average molecular weight is 536 g/mol. The van der Waals surface area contributed by atoms with Gasteiger partial charge in [0, 0.05) is 19.8 Å². The summed E-state index contributed by atoms with van der Waals surface area (Å²) in [5, 5.41) is 18.9. The van der Waals surface area contributed by atoms with E-state index in [1.165, 1.54) is 22.6 Å². The van der Waals surface area contributed by atoms with E-state index in [1.807, 2.05) is 13.8 Å². The first-order valence-electron chi connectivity index (χ1n) is 11.2. The average Bonchev–Trinajstić information content (AvgIpc) is 3.31. The Morgan fingerprint density at radius 2 is 1.78 bits per heavy atom. The molecule has 2 aliphatic rings. The first-order valence-corrected chi connectivity index (χ1v) is 12.5. The van der Waals surface area contributed by atoms with E-state index in [9.17, 15) is 18.3 Å². The summed E-state index contributed by atoms with van der Waals surface area (Å²) in [5.74, 6) is -5.50. The molecule has 202 valence electrons. The zero-order valence-corrected chi connectivity index (χ0v) is 22.0. The van der Waals surface area contributed by atoms with Crippen molar-refractivity contribution in [3.63, 3.8) is 0 Å². The minimum absolute atomic E-state index is 0.0281. The Morgan fingerprint density at radius 1 is 1.17 bits per heavy atom. The molecule has 2 aliphatic heterocycles. The molecule has 0 saturated carbocycles. The van der Waals surface area contributed by atoms with Gasteiger partial charge in [-0.15, -0.1) is 16.9 Å². The van der Waals surface area contributed by atoms with Gasteiger partial charge in [-0.25, -0.2) is 17.9 Å². The number of aliphatic hydroxyl groups excluding tert-OH is 1. The number of fused-ring (bicyclic) bond motifs is 1. The fourth-order valence-corrected chi connectivity index (χ4v) is 4.37. The molecule has 5 atom stereocenters. The number of halogens is 3. The van der Waals surface area contributed by atoms with Crippen LogP contribution in [0.4, 0.5) is 13.2 Å². The number of ether oxygens (including phenoxy) is 5. The molecule has 0 bridgehead atoms. The molecule has 0 aliphatic carbocycles. The van der Waals surface area contributed by atoms with Gasteiger partial charge in [0.1, 0.15) is 35.5 Å². The second kappa shape index (κ2) is 11.3. The van der Waals surface area contributed by atoms with Gasteiger partial charge in [0.15, 0.2) is 29.0 Å². The van der Waals surface area contributed by atoms with Crippen molar-refractivity contribution in [3.8, 4) is 11.3 Å². The number of hydrogen-bond donors (Lipinski definition) is 1. The molecule has 2 aromatic rings. The third kappa shape index (κ3) is 6.39. The van der Waals surface area contributed by atoms with Crippen LogP contribution >= 0.6 is 11.8 Å². The first-order chi connectivity index (χ1) is 16.8. The van der Waals surface area contributed by atoms with Crippen LogP contribution in [0.2, 0.25) is 0 Å². The summed E-state index contributed by atoms with van der Waals surface area (Å²) >= 11 is 1.33. The number of thioether (sulfide) groups is 1. The summed E-state index contributed by atoms with van der Waals surface area (Å²) in [5.41, 5.74) is -0.395. The van der Waals surface area contributed by atoms with Crippen molar-refractivity contribution in [1.82, 2.24) is 15.0 Å². The van der Waals surface area contributed by atoms with Crippen molar-refractivity contribution >= 4 is 11.8 Å². The molecular formula is C23H32F3N3O6S. The van der Waals surface area contributed by atoms with E-state index >= 15 is 0 Å². The zero-order chi connectivity index (χ0) is 26.8. The summed E-state index contributed by atoms with van der Waals surface area (Å²) in [7, 11) is 3.23. The minimum Gasteiger partial charge on any atom is -0.387 e. The van der Waals surface area contributed by atoms with Crippen LogP contribution in [0.1, 0.15) is 33.7 Å². The lowest BCUT2D eigenvalue weighted by Crippen LogP contribution is -2.61. The van der Waals surface area contributed by atoms with Gasteiger partial charge in [0.05, 0.1) is 12.8 Å². The summed E-state index contributed by atoms with van der Waals surface area (Å²) in [6, 6.07) is 1.01. The molecule has 1 aromatic heterocycles. The highest BCUT2D eigenvalue weighted by Crippen LogP contribution is 2.40. The Hall–Kier alpha value is -1.74. The van der Waals surface area contributed by atoms with E-state index in [4.69, 9.17) is 23.7 Å². The van der Waals surface area contributed by atoms with Gasteiger partial charge in [-0.1, -0.05) is 5.21 Å². The maximum Gasteiger partial charge on any atom is 0.194 e. The van der Waals surface area contributed by atoms with Gasteiger partial charge in [0.2, 0.25) is 0 Å². The van der Waals surface area contributed by atoms with E-state index in [-0.39, 0.29) is 17.9 Å². The van der Waals surface area contributed by atoms with Crippen LogP contribution in [0.15, 0.2) is 18.3 Å². The quantitative estimate of drug-likeness (QED) is 0.456. The summed E-state index contributed by atoms with van der Waals surface area (Å²) in [6.07, 6.45) is 1.22. The van der Waals surface area contributed by atoms with Crippen molar-refractivity contribution in [3.05, 3.63) is 35.8 Å². The monoisotopic (exact) mass is 535 g/mol. The van der Waals surface area contributed by atoms with Crippen molar-refractivity contribution in [2.45, 2.75) is 69.1 Å². The molecule has 1 N–H and O–H groups in total. The van der Waals surface area contributed by atoms with E-state index in [2.05, 4.69) is 10.3 Å². The summed E-state index contributed by atoms with van der Waals surface area (Å²) in [6.45, 7) is 7.49. The Morgan fingerprint density at radius 3 is 2.31 bits per heavy atom. The fourth-order valence-electron chi connectivity index (χ4n) is 3.67. The van der Waals surface area contributed by atoms with Crippen molar-refractivity contribution < 1.29 is 42.0 Å². The van der Waals surface area contributed by atoms with Crippen LogP contribution in [0.5, 0.6) is 0 Å². The smallest absolute Gasteiger partial charge is 0.194 e. The van der Waals surface area contributed by atoms with E-state index in [1.54, 1.807) is 34.3 Å². The highest BCUT2D eigenvalue weighted by Gasteiger charge is 2.52. The maximum atomic E-state index is 13.6. The Bertz CT molecular complexity index is 1010. The minimum atomic E-state index is -1.55. The van der Waals surface area contributed by atoms with Gasteiger partial charge in [-0.2, -0.15) is 0 Å². The zero-order valence-electron chi connectivity index (χ0n) is 21.2. The molecular weight excluding hydrogens is 503 g/mol. The van der Waals surface area contributed by atoms with Crippen molar-refractivity contribution in [2.75, 3.05) is 27.1 Å². The van der Waals surface area contributed by atoms with Crippen LogP contribution in [-0.2, 0) is 23.7 Å². The Balaban J connectivity index is 0.000000454. The van der Waals surface area contributed by atoms with Gasteiger partial charge in [-0.05, 0) is 46.1 Å². The third-order valence-corrected chi connectivity index (χ3v) is 6.82. The molecule has 2 saturated heterocycles. The number of aromatic nitrogens is 3. The maximum absolute atomic E-state index is 13.6. The SMILES string of the molecule is COC(C)(C)OC.CS[C@@H]1O[C@@H]2COC(C)(C)O[C@@H]2[C@H](n2cc(-c3cc(F)c(F)c(F)c3)nn2)[C@H]1O. The largest absolute Gasteiger partial charge is 0.387 e. The predicted molar refractivity (Wildman–Crippen MR) is 126 cm³/mol. The number of benzene rings is 1. The van der Waals surface area contributed by atoms with Crippen LogP contribution in [0, 0.1) is 17.5 Å². The van der Waals surface area contributed by atoms with Gasteiger partial charge >= 0.3 is 0 Å². The topological polar surface area (TPSA) is 97.1 Å². The molecule has 2 fully saturated rings. The van der Waals surface area contributed by atoms with Crippen LogP contribution in [-0.4, -0.2) is 82.5 Å². The number of methoxy groups -OCH3 is 2. The van der Waals surface area contributed by atoms with Crippen molar-refractivity contribution in [2.24, 2.45) is 0 Å². The van der Waals surface area contributed by atoms with E-state index in [0.29, 0.717) is 0 Å². The molecule has 13 heteroatoms. The Labute approximate surface area is 212 Å². The fraction of sp³-hybridized carbons (Fsp3) is 0.652. The molecule has 0 unspecified atom stereocenters. The van der Waals surface area contributed by atoms with Crippen LogP contribution < -0.4 is 0 Å². The number of rotatable bonds is 5. The molecule has 3 heterocycles. The number of hydrogen-bond acceptors (Lipinski definition) is 9. The van der Waals surface area contributed by atoms with E-state index in [0.717, 1.165) is 12.1 Å². The highest BCUT2D eigenvalue weighted by atomic mass is 32.2. The molecule has 0 spiro atoms. The second-order valence-electron chi connectivity index (χ2n) is 9.20. The standard InChI is InChI=1S/C18H20F3N3O4S.C5H12O2/c1-18(2)26-7-12-16(28-18)14(15(25)17(27-12)29-3)24-6-11(22-23-24)8-4-9(19)13(21)10(20)5-8;1-5(2,6-3)7-4/h4-6,12,14-17,25H,7H2,1-3H3;1-4H3/t12-,14-,15-,16+,17+;/m1./s1. The van der Waals surface area contributed by atoms with Crippen LogP contribution in [0.3, 0.4) is 0 Å². The third-order valence-electron chi connectivity index (χ3n) is 5.97. The second-order valence-corrected chi connectivity index (χ2v) is 10.1. The first kappa shape index (κ1) is 28.8. The molecule has 4 rings (SSSR count). The summed E-state index contributed by atoms with van der Waals surface area (Å²) in [4.78, 5) is 0. The summed E-state index contributed by atoms with van der Waals surface area (Å²) < 4.78 is 69.1. The Kier molecular flexibility index (Phi) is 9.08. The highest BCUT2D eigenvalue weighted by molar-refractivity contribution is 7.99. The van der Waals surface area contributed by atoms with Gasteiger partial charge in [-0.3, -0.25) is 0 Å².